The number of rotatable bonds is 4. The Morgan fingerprint density at radius 3 is 2.44 bits per heavy atom. The van der Waals surface area contributed by atoms with E-state index >= 15 is 0 Å². The number of carbonyl (C=O) groups is 2. The quantitative estimate of drug-likeness (QED) is 0.784. The molecule has 8 heteroatoms. The second-order valence-corrected chi connectivity index (χ2v) is 6.53. The van der Waals surface area contributed by atoms with Crippen LogP contribution in [-0.2, 0) is 9.59 Å². The van der Waals surface area contributed by atoms with Crippen LogP contribution in [0.5, 0.6) is 0 Å². The topological polar surface area (TPSA) is 64.7 Å². The monoisotopic (exact) mass is 382 g/mol. The summed E-state index contributed by atoms with van der Waals surface area (Å²) in [6.07, 6.45) is 0.877. The largest absolute Gasteiger partial charge is 0.365 e. The minimum atomic E-state index is -0.146. The van der Waals surface area contributed by atoms with E-state index in [0.717, 1.165) is 11.4 Å². The highest BCUT2D eigenvalue weighted by molar-refractivity contribution is 7.80. The standard InChI is InChI=1S/C17H23ClN4O2S/c1-3-14(23)20-17(25)19-13-7-5-6-12(18)16(13)22-10-8-21(9-11-22)15(24)4-2/h5-7H,3-4,8-11H2,1-2H3,(H2,19,20,23,25). The van der Waals surface area contributed by atoms with Crippen LogP contribution in [0, 0.1) is 0 Å². The molecule has 2 amide bonds. The number of amides is 2. The molecule has 1 saturated heterocycles. The maximum absolute atomic E-state index is 11.8. The van der Waals surface area contributed by atoms with Gasteiger partial charge in [0.15, 0.2) is 5.11 Å². The summed E-state index contributed by atoms with van der Waals surface area (Å²) < 4.78 is 0. The molecule has 0 unspecified atom stereocenters. The van der Waals surface area contributed by atoms with Crippen LogP contribution < -0.4 is 15.5 Å². The van der Waals surface area contributed by atoms with Gasteiger partial charge < -0.3 is 20.4 Å². The molecule has 1 aliphatic heterocycles. The van der Waals surface area contributed by atoms with Gasteiger partial charge in [0.25, 0.3) is 0 Å². The Morgan fingerprint density at radius 1 is 1.16 bits per heavy atom. The molecule has 0 saturated carbocycles. The van der Waals surface area contributed by atoms with Crippen molar-refractivity contribution >= 4 is 52.1 Å². The summed E-state index contributed by atoms with van der Waals surface area (Å²) >= 11 is 11.6. The van der Waals surface area contributed by atoms with E-state index in [2.05, 4.69) is 15.5 Å². The number of para-hydroxylation sites is 1. The van der Waals surface area contributed by atoms with Crippen molar-refractivity contribution in [2.45, 2.75) is 26.7 Å². The molecule has 0 aliphatic carbocycles. The molecule has 1 aliphatic rings. The molecule has 6 nitrogen and oxygen atoms in total. The molecule has 1 fully saturated rings. The number of hydrogen-bond donors (Lipinski definition) is 2. The minimum absolute atomic E-state index is 0.146. The molecule has 0 aromatic heterocycles. The lowest BCUT2D eigenvalue weighted by Crippen LogP contribution is -2.49. The molecule has 1 aromatic carbocycles. The number of halogens is 1. The van der Waals surface area contributed by atoms with Gasteiger partial charge in [0.1, 0.15) is 0 Å². The van der Waals surface area contributed by atoms with Gasteiger partial charge in [-0.15, -0.1) is 0 Å². The number of carbonyl (C=O) groups excluding carboxylic acids is 2. The number of thiocarbonyl (C=S) groups is 1. The molecule has 136 valence electrons. The summed E-state index contributed by atoms with van der Waals surface area (Å²) in [4.78, 5) is 27.3. The van der Waals surface area contributed by atoms with E-state index in [-0.39, 0.29) is 16.9 Å². The van der Waals surface area contributed by atoms with Crippen molar-refractivity contribution in [1.82, 2.24) is 10.2 Å². The van der Waals surface area contributed by atoms with Gasteiger partial charge in [-0.05, 0) is 24.4 Å². The fraction of sp³-hybridized carbons (Fsp3) is 0.471. The van der Waals surface area contributed by atoms with Crippen molar-refractivity contribution < 1.29 is 9.59 Å². The van der Waals surface area contributed by atoms with Crippen molar-refractivity contribution in [1.29, 1.82) is 0 Å². The lowest BCUT2D eigenvalue weighted by atomic mass is 10.2. The number of hydrogen-bond acceptors (Lipinski definition) is 4. The number of nitrogens with one attached hydrogen (secondary N) is 2. The lowest BCUT2D eigenvalue weighted by Gasteiger charge is -2.37. The molecule has 2 N–H and O–H groups in total. The highest BCUT2D eigenvalue weighted by Gasteiger charge is 2.23. The highest BCUT2D eigenvalue weighted by Crippen LogP contribution is 2.34. The van der Waals surface area contributed by atoms with E-state index < -0.39 is 0 Å². The molecule has 0 atom stereocenters. The van der Waals surface area contributed by atoms with Gasteiger partial charge >= 0.3 is 0 Å². The molecular formula is C17H23ClN4O2S. The number of piperazine rings is 1. The molecule has 0 spiro atoms. The predicted octanol–water partition coefficient (Wildman–Crippen LogP) is 2.62. The maximum Gasteiger partial charge on any atom is 0.225 e. The molecule has 1 heterocycles. The summed E-state index contributed by atoms with van der Waals surface area (Å²) in [7, 11) is 0. The molecule has 2 rings (SSSR count). The fourth-order valence-corrected chi connectivity index (χ4v) is 3.23. The highest BCUT2D eigenvalue weighted by atomic mass is 35.5. The van der Waals surface area contributed by atoms with Gasteiger partial charge in [-0.2, -0.15) is 0 Å². The molecular weight excluding hydrogens is 360 g/mol. The Labute approximate surface area is 158 Å². The van der Waals surface area contributed by atoms with E-state index in [0.29, 0.717) is 44.0 Å². The fourth-order valence-electron chi connectivity index (χ4n) is 2.71. The third-order valence-corrected chi connectivity index (χ3v) is 4.57. The van der Waals surface area contributed by atoms with Crippen LogP contribution >= 0.6 is 23.8 Å². The molecule has 1 aromatic rings. The van der Waals surface area contributed by atoms with E-state index in [4.69, 9.17) is 23.8 Å². The van der Waals surface area contributed by atoms with Gasteiger partial charge in [-0.25, -0.2) is 0 Å². The number of benzene rings is 1. The summed E-state index contributed by atoms with van der Waals surface area (Å²) in [5.74, 6) is 0.0217. The Morgan fingerprint density at radius 2 is 1.84 bits per heavy atom. The van der Waals surface area contributed by atoms with Gasteiger partial charge in [0, 0.05) is 39.0 Å². The second-order valence-electron chi connectivity index (χ2n) is 5.71. The Hall–Kier alpha value is -1.86. The average molecular weight is 383 g/mol. The van der Waals surface area contributed by atoms with Gasteiger partial charge in [0.05, 0.1) is 16.4 Å². The smallest absolute Gasteiger partial charge is 0.225 e. The summed E-state index contributed by atoms with van der Waals surface area (Å²) in [6, 6.07) is 5.52. The van der Waals surface area contributed by atoms with E-state index in [1.54, 1.807) is 6.92 Å². The van der Waals surface area contributed by atoms with Crippen molar-refractivity contribution in [3.8, 4) is 0 Å². The second kappa shape index (κ2) is 9.01. The molecule has 0 bridgehead atoms. The third kappa shape index (κ3) is 5.06. The van der Waals surface area contributed by atoms with Gasteiger partial charge in [-0.3, -0.25) is 9.59 Å². The number of nitrogens with zero attached hydrogens (tertiary/aromatic N) is 2. The van der Waals surface area contributed by atoms with Crippen LogP contribution in [0.4, 0.5) is 11.4 Å². The Balaban J connectivity index is 2.12. The van der Waals surface area contributed by atoms with E-state index in [1.165, 1.54) is 0 Å². The first-order valence-corrected chi connectivity index (χ1v) is 9.17. The summed E-state index contributed by atoms with van der Waals surface area (Å²) in [6.45, 7) is 6.34. The van der Waals surface area contributed by atoms with Gasteiger partial charge in [0.2, 0.25) is 11.8 Å². The third-order valence-electron chi connectivity index (χ3n) is 4.06. The zero-order chi connectivity index (χ0) is 18.4. The van der Waals surface area contributed by atoms with Gasteiger partial charge in [-0.1, -0.05) is 31.5 Å². The van der Waals surface area contributed by atoms with Crippen LogP contribution in [0.15, 0.2) is 18.2 Å². The van der Waals surface area contributed by atoms with Crippen LogP contribution in [0.1, 0.15) is 26.7 Å². The van der Waals surface area contributed by atoms with E-state index in [1.807, 2.05) is 30.0 Å². The zero-order valence-corrected chi connectivity index (χ0v) is 16.0. The van der Waals surface area contributed by atoms with Crippen LogP contribution in [0.2, 0.25) is 5.02 Å². The predicted molar refractivity (Wildman–Crippen MR) is 105 cm³/mol. The number of anilines is 2. The first kappa shape index (κ1) is 19.5. The minimum Gasteiger partial charge on any atom is -0.365 e. The molecule has 25 heavy (non-hydrogen) atoms. The Bertz CT molecular complexity index is 660. The first-order chi connectivity index (χ1) is 12.0. The molecule has 0 radical (unpaired) electrons. The van der Waals surface area contributed by atoms with Crippen LogP contribution in [-0.4, -0.2) is 48.0 Å². The first-order valence-electron chi connectivity index (χ1n) is 8.38. The van der Waals surface area contributed by atoms with Crippen molar-refractivity contribution in [3.05, 3.63) is 23.2 Å². The Kier molecular flexibility index (Phi) is 7.01. The SMILES string of the molecule is CCC(=O)NC(=S)Nc1cccc(Cl)c1N1CCN(C(=O)CC)CC1. The average Bonchev–Trinajstić information content (AvgIpc) is 2.61. The maximum atomic E-state index is 11.8. The summed E-state index contributed by atoms with van der Waals surface area (Å²) in [5.41, 5.74) is 1.57. The van der Waals surface area contributed by atoms with Crippen molar-refractivity contribution in [2.75, 3.05) is 36.4 Å². The van der Waals surface area contributed by atoms with Crippen molar-refractivity contribution in [3.63, 3.8) is 0 Å². The van der Waals surface area contributed by atoms with Crippen LogP contribution in [0.25, 0.3) is 0 Å². The normalized spacial score (nSPS) is 14.2. The zero-order valence-electron chi connectivity index (χ0n) is 14.5. The van der Waals surface area contributed by atoms with Crippen molar-refractivity contribution in [2.24, 2.45) is 0 Å². The van der Waals surface area contributed by atoms with Crippen LogP contribution in [0.3, 0.4) is 0 Å². The summed E-state index contributed by atoms with van der Waals surface area (Å²) in [5, 5.41) is 6.52. The van der Waals surface area contributed by atoms with E-state index in [9.17, 15) is 9.59 Å². The lowest BCUT2D eigenvalue weighted by molar-refractivity contribution is -0.131.